The first-order valence-corrected chi connectivity index (χ1v) is 6.28. The second kappa shape index (κ2) is 4.46. The maximum atomic E-state index is 5.44. The molecule has 17 heavy (non-hydrogen) atoms. The Morgan fingerprint density at radius 3 is 2.76 bits per heavy atom. The van der Waals surface area contributed by atoms with Gasteiger partial charge in [0.25, 0.3) is 0 Å². The van der Waals surface area contributed by atoms with Gasteiger partial charge in [0.05, 0.1) is 5.69 Å². The zero-order valence-corrected chi connectivity index (χ0v) is 10.1. The highest BCUT2D eigenvalue weighted by Crippen LogP contribution is 2.31. The van der Waals surface area contributed by atoms with E-state index >= 15 is 0 Å². The van der Waals surface area contributed by atoms with Gasteiger partial charge in [0, 0.05) is 30.2 Å². The summed E-state index contributed by atoms with van der Waals surface area (Å²) in [6, 6.07) is 10.7. The molecular formula is C15H17NO. The summed E-state index contributed by atoms with van der Waals surface area (Å²) < 4.78 is 5.44. The van der Waals surface area contributed by atoms with Crippen LogP contribution in [0.3, 0.4) is 0 Å². The van der Waals surface area contributed by atoms with Gasteiger partial charge in [0.2, 0.25) is 0 Å². The summed E-state index contributed by atoms with van der Waals surface area (Å²) in [6.45, 7) is 3.82. The molecule has 1 fully saturated rings. The number of aryl methyl sites for hydroxylation is 1. The number of hydrogen-bond donors (Lipinski definition) is 0. The lowest BCUT2D eigenvalue weighted by atomic mass is 9.92. The molecule has 1 aromatic carbocycles. The van der Waals surface area contributed by atoms with Crippen molar-refractivity contribution in [1.29, 1.82) is 0 Å². The van der Waals surface area contributed by atoms with Gasteiger partial charge in [0.15, 0.2) is 0 Å². The second-order valence-electron chi connectivity index (χ2n) is 4.76. The van der Waals surface area contributed by atoms with Gasteiger partial charge in [-0.3, -0.25) is 4.98 Å². The third kappa shape index (κ3) is 2.05. The highest BCUT2D eigenvalue weighted by atomic mass is 16.5. The van der Waals surface area contributed by atoms with Gasteiger partial charge in [-0.15, -0.1) is 0 Å². The molecule has 0 spiro atoms. The van der Waals surface area contributed by atoms with E-state index < -0.39 is 0 Å². The Hall–Kier alpha value is -1.41. The fourth-order valence-electron chi connectivity index (χ4n) is 2.65. The Bertz CT molecular complexity index is 529. The topological polar surface area (TPSA) is 22.1 Å². The number of fused-ring (bicyclic) bond motifs is 1. The summed E-state index contributed by atoms with van der Waals surface area (Å²) in [6.07, 6.45) is 2.20. The van der Waals surface area contributed by atoms with Crippen LogP contribution in [0.15, 0.2) is 30.3 Å². The Morgan fingerprint density at radius 1 is 1.18 bits per heavy atom. The van der Waals surface area contributed by atoms with Crippen LogP contribution in [-0.4, -0.2) is 18.2 Å². The van der Waals surface area contributed by atoms with Crippen molar-refractivity contribution < 1.29 is 4.74 Å². The van der Waals surface area contributed by atoms with E-state index in [1.54, 1.807) is 0 Å². The molecule has 0 amide bonds. The van der Waals surface area contributed by atoms with Gasteiger partial charge in [-0.2, -0.15) is 0 Å². The van der Waals surface area contributed by atoms with E-state index in [-0.39, 0.29) is 0 Å². The molecule has 1 aliphatic rings. The Balaban J connectivity index is 2.13. The van der Waals surface area contributed by atoms with Gasteiger partial charge >= 0.3 is 0 Å². The molecule has 0 unspecified atom stereocenters. The van der Waals surface area contributed by atoms with E-state index in [2.05, 4.69) is 37.3 Å². The van der Waals surface area contributed by atoms with E-state index in [1.165, 1.54) is 16.5 Å². The number of ether oxygens (including phenoxy) is 1. The first kappa shape index (κ1) is 10.7. The molecule has 0 aliphatic carbocycles. The van der Waals surface area contributed by atoms with Gasteiger partial charge in [-0.1, -0.05) is 24.3 Å². The van der Waals surface area contributed by atoms with Gasteiger partial charge in [-0.25, -0.2) is 0 Å². The molecule has 0 saturated carbocycles. The van der Waals surface area contributed by atoms with Crippen molar-refractivity contribution in [2.24, 2.45) is 0 Å². The van der Waals surface area contributed by atoms with Crippen molar-refractivity contribution in [3.8, 4) is 0 Å². The summed E-state index contributed by atoms with van der Waals surface area (Å²) >= 11 is 0. The predicted molar refractivity (Wildman–Crippen MR) is 69.3 cm³/mol. The van der Waals surface area contributed by atoms with Crippen molar-refractivity contribution in [3.05, 3.63) is 41.7 Å². The van der Waals surface area contributed by atoms with E-state index in [1.807, 2.05) is 0 Å². The standard InChI is InChI=1S/C15H17NO/c1-11-10-13-4-2-3-5-14(13)15(16-11)12-6-8-17-9-7-12/h2-5,10,12H,6-9H2,1H3. The summed E-state index contributed by atoms with van der Waals surface area (Å²) in [5.74, 6) is 0.563. The molecule has 2 aromatic rings. The van der Waals surface area contributed by atoms with Gasteiger partial charge in [-0.05, 0) is 31.2 Å². The number of hydrogen-bond acceptors (Lipinski definition) is 2. The fourth-order valence-corrected chi connectivity index (χ4v) is 2.65. The molecule has 88 valence electrons. The van der Waals surface area contributed by atoms with Crippen molar-refractivity contribution in [2.45, 2.75) is 25.7 Å². The van der Waals surface area contributed by atoms with Crippen LogP contribution in [0.4, 0.5) is 0 Å². The fraction of sp³-hybridized carbons (Fsp3) is 0.400. The molecular weight excluding hydrogens is 210 g/mol. The maximum absolute atomic E-state index is 5.44. The monoisotopic (exact) mass is 227 g/mol. The minimum Gasteiger partial charge on any atom is -0.381 e. The van der Waals surface area contributed by atoms with Gasteiger partial charge < -0.3 is 4.74 Å². The number of nitrogens with zero attached hydrogens (tertiary/aromatic N) is 1. The van der Waals surface area contributed by atoms with Crippen LogP contribution in [-0.2, 0) is 4.74 Å². The van der Waals surface area contributed by atoms with Crippen molar-refractivity contribution in [3.63, 3.8) is 0 Å². The quantitative estimate of drug-likeness (QED) is 0.744. The average molecular weight is 227 g/mol. The SMILES string of the molecule is Cc1cc2ccccc2c(C2CCOCC2)n1. The zero-order valence-electron chi connectivity index (χ0n) is 10.1. The van der Waals surface area contributed by atoms with Gasteiger partial charge in [0.1, 0.15) is 0 Å². The Morgan fingerprint density at radius 2 is 1.94 bits per heavy atom. The second-order valence-corrected chi connectivity index (χ2v) is 4.76. The van der Waals surface area contributed by atoms with E-state index in [0.29, 0.717) is 5.92 Å². The molecule has 0 atom stereocenters. The number of rotatable bonds is 1. The first-order chi connectivity index (χ1) is 8.34. The highest BCUT2D eigenvalue weighted by Gasteiger charge is 2.19. The van der Waals surface area contributed by atoms with Crippen LogP contribution in [0.5, 0.6) is 0 Å². The van der Waals surface area contributed by atoms with E-state index in [0.717, 1.165) is 31.7 Å². The van der Waals surface area contributed by atoms with Crippen LogP contribution < -0.4 is 0 Å². The summed E-state index contributed by atoms with van der Waals surface area (Å²) in [5, 5.41) is 2.62. The molecule has 2 heteroatoms. The molecule has 0 radical (unpaired) electrons. The van der Waals surface area contributed by atoms with Crippen molar-refractivity contribution >= 4 is 10.8 Å². The zero-order chi connectivity index (χ0) is 11.7. The molecule has 1 saturated heterocycles. The van der Waals surface area contributed by atoms with Crippen LogP contribution in [0, 0.1) is 6.92 Å². The summed E-state index contributed by atoms with van der Waals surface area (Å²) in [4.78, 5) is 4.77. The number of benzene rings is 1. The predicted octanol–water partition coefficient (Wildman–Crippen LogP) is 3.44. The third-order valence-electron chi connectivity index (χ3n) is 3.51. The molecule has 1 aliphatic heterocycles. The first-order valence-electron chi connectivity index (χ1n) is 6.28. The smallest absolute Gasteiger partial charge is 0.0517 e. The number of aromatic nitrogens is 1. The lowest BCUT2D eigenvalue weighted by molar-refractivity contribution is 0.0848. The maximum Gasteiger partial charge on any atom is 0.0517 e. The van der Waals surface area contributed by atoms with Crippen molar-refractivity contribution in [1.82, 2.24) is 4.98 Å². The molecule has 3 rings (SSSR count). The molecule has 0 bridgehead atoms. The van der Waals surface area contributed by atoms with Crippen molar-refractivity contribution in [2.75, 3.05) is 13.2 Å². The number of pyridine rings is 1. The lowest BCUT2D eigenvalue weighted by Crippen LogP contribution is -2.15. The molecule has 1 aromatic heterocycles. The van der Waals surface area contributed by atoms with Crippen LogP contribution in [0.2, 0.25) is 0 Å². The Kier molecular flexibility index (Phi) is 2.81. The van der Waals surface area contributed by atoms with Crippen LogP contribution in [0.25, 0.3) is 10.8 Å². The average Bonchev–Trinajstić information content (AvgIpc) is 2.39. The van der Waals surface area contributed by atoms with Crippen LogP contribution >= 0.6 is 0 Å². The molecule has 0 N–H and O–H groups in total. The summed E-state index contributed by atoms with van der Waals surface area (Å²) in [7, 11) is 0. The Labute approximate surface area is 102 Å². The van der Waals surface area contributed by atoms with E-state index in [4.69, 9.17) is 9.72 Å². The normalized spacial score (nSPS) is 17.5. The highest BCUT2D eigenvalue weighted by molar-refractivity contribution is 5.85. The van der Waals surface area contributed by atoms with Crippen LogP contribution in [0.1, 0.15) is 30.1 Å². The molecule has 2 nitrogen and oxygen atoms in total. The lowest BCUT2D eigenvalue weighted by Gasteiger charge is -2.23. The minimum atomic E-state index is 0.563. The third-order valence-corrected chi connectivity index (χ3v) is 3.51. The molecule has 2 heterocycles. The summed E-state index contributed by atoms with van der Waals surface area (Å²) in [5.41, 5.74) is 2.38. The largest absolute Gasteiger partial charge is 0.381 e. The van der Waals surface area contributed by atoms with E-state index in [9.17, 15) is 0 Å². The minimum absolute atomic E-state index is 0.563.